The lowest BCUT2D eigenvalue weighted by Gasteiger charge is -2.20. The van der Waals surface area contributed by atoms with E-state index >= 15 is 0 Å². The van der Waals surface area contributed by atoms with Gasteiger partial charge in [-0.15, -0.1) is 0 Å². The van der Waals surface area contributed by atoms with Gasteiger partial charge in [0.2, 0.25) is 0 Å². The molecule has 8 aromatic carbocycles. The van der Waals surface area contributed by atoms with Crippen LogP contribution in [0.5, 0.6) is 0 Å². The number of aliphatic hydroxyl groups is 3. The maximum Gasteiger partial charge on any atom is 0.338 e. The molecule has 8 aromatic rings. The molecule has 0 spiro atoms. The van der Waals surface area contributed by atoms with Gasteiger partial charge in [-0.1, -0.05) is 42.5 Å². The summed E-state index contributed by atoms with van der Waals surface area (Å²) >= 11 is 0. The topological polar surface area (TPSA) is 475 Å². The molecule has 35 heteroatoms. The highest BCUT2D eigenvalue weighted by Crippen LogP contribution is 2.24. The van der Waals surface area contributed by atoms with Gasteiger partial charge in [-0.3, -0.25) is 24.0 Å². The van der Waals surface area contributed by atoms with Crippen LogP contribution < -0.4 is 0 Å². The molecule has 0 aliphatic carbocycles. The molecule has 0 aliphatic heterocycles. The normalized spacial score (nSPS) is 11.0. The van der Waals surface area contributed by atoms with Crippen molar-refractivity contribution < 1.29 is 154 Å². The minimum atomic E-state index is -1.06. The molecule has 8 rings (SSSR count). The smallest absolute Gasteiger partial charge is 0.338 e. The number of rotatable bonds is 30. The Morgan fingerprint density at radius 2 is 0.467 bits per heavy atom. The first kappa shape index (κ1) is 133. The van der Waals surface area contributed by atoms with Crippen LogP contribution in [-0.2, 0) is 56.8 Å². The van der Waals surface area contributed by atoms with E-state index in [0.29, 0.717) is 112 Å². The quantitative estimate of drug-likeness (QED) is 0.0141. The SMILES string of the molecule is CC(C)(C)OC(=O)c1ccc(C(=O)CCCO)cc1.CC(C)(C)OC(=O)c1cccc(C(=O)O)c1.CC(C)(C)OC(=O)c1cccc(C(=O)OCCO)c1.CN(C)C(=O)c1ccc(C(=O)OC(C)(C)C)cc1.CN(CCO)C(=O)c1ccc(C(=O)OC(C)(C)C)cc1.COC(=O)c1cccc(C(=O)OC(C)(C)C)c1.COCCCC(=O)c1ccc(C(=O)OC(C)(C)C)cc1.COCCN(C)C(=O)c1ccc(C(=O)OC(C)(C)C)cc1. The minimum absolute atomic E-state index is 0.00172. The number of amides is 3. The number of carboxylic acid groups (broad SMARTS) is 1. The Balaban J connectivity index is 0.000000858. The number of carboxylic acids is 1. The number of carbonyl (C=O) groups is 16. The molecule has 150 heavy (non-hydrogen) atoms. The van der Waals surface area contributed by atoms with Crippen LogP contribution in [0.2, 0.25) is 0 Å². The van der Waals surface area contributed by atoms with Crippen LogP contribution in [0.4, 0.5) is 0 Å². The summed E-state index contributed by atoms with van der Waals surface area (Å²) in [5.41, 5.74) is 1.97. The lowest BCUT2D eigenvalue weighted by Crippen LogP contribution is -2.30. The zero-order valence-electron chi connectivity index (χ0n) is 92.5. The van der Waals surface area contributed by atoms with Gasteiger partial charge in [-0.25, -0.2) is 52.7 Å². The van der Waals surface area contributed by atoms with Gasteiger partial charge < -0.3 is 92.0 Å². The highest BCUT2D eigenvalue weighted by atomic mass is 16.6. The largest absolute Gasteiger partial charge is 0.478 e. The van der Waals surface area contributed by atoms with Crippen molar-refractivity contribution >= 4 is 95.0 Å². The third kappa shape index (κ3) is 56.6. The molecule has 3 amide bonds. The van der Waals surface area contributed by atoms with Crippen molar-refractivity contribution in [1.82, 2.24) is 14.7 Å². The van der Waals surface area contributed by atoms with E-state index in [2.05, 4.69) is 4.74 Å². The molecule has 0 radical (unpaired) electrons. The molecule has 0 fully saturated rings. The Morgan fingerprint density at radius 1 is 0.240 bits per heavy atom. The van der Waals surface area contributed by atoms with Gasteiger partial charge in [0.1, 0.15) is 51.4 Å². The third-order valence-corrected chi connectivity index (χ3v) is 18.2. The van der Waals surface area contributed by atoms with E-state index in [-0.39, 0.29) is 96.5 Å². The summed E-state index contributed by atoms with van der Waals surface area (Å²) in [6.07, 6.45) is 1.90. The maximum absolute atomic E-state index is 12.1. The maximum atomic E-state index is 12.1. The highest BCUT2D eigenvalue weighted by molar-refractivity contribution is 6.02. The van der Waals surface area contributed by atoms with Gasteiger partial charge in [-0.2, -0.15) is 0 Å². The Bertz CT molecular complexity index is 5710. The monoisotopic (exact) mass is 2090 g/mol. The van der Waals surface area contributed by atoms with Gasteiger partial charge in [0.05, 0.1) is 88.1 Å². The summed E-state index contributed by atoms with van der Waals surface area (Å²) in [5.74, 6) is -5.95. The van der Waals surface area contributed by atoms with E-state index in [1.165, 1.54) is 59.4 Å². The summed E-state index contributed by atoms with van der Waals surface area (Å²) in [7, 11) is 11.2. The molecule has 0 unspecified atom stereocenters. The zero-order chi connectivity index (χ0) is 115. The molecular weight excluding hydrogens is 1940 g/mol. The van der Waals surface area contributed by atoms with Gasteiger partial charge in [0.15, 0.2) is 11.6 Å². The molecule has 0 heterocycles. The second-order valence-corrected chi connectivity index (χ2v) is 41.4. The molecule has 0 bridgehead atoms. The number of aromatic carboxylic acids is 1. The fourth-order valence-corrected chi connectivity index (χ4v) is 11.4. The van der Waals surface area contributed by atoms with Crippen LogP contribution in [0, 0.1) is 0 Å². The predicted molar refractivity (Wildman–Crippen MR) is 566 cm³/mol. The van der Waals surface area contributed by atoms with Crippen molar-refractivity contribution in [2.75, 3.05) is 102 Å². The second-order valence-electron chi connectivity index (χ2n) is 41.4. The van der Waals surface area contributed by atoms with Gasteiger partial charge in [0, 0.05) is 109 Å². The summed E-state index contributed by atoms with van der Waals surface area (Å²) < 4.78 is 61.0. The molecular formula is C115H153N3O32. The summed E-state index contributed by atoms with van der Waals surface area (Å²) in [4.78, 5) is 192. The van der Waals surface area contributed by atoms with Crippen molar-refractivity contribution in [1.29, 1.82) is 0 Å². The molecule has 0 atom stereocenters. The van der Waals surface area contributed by atoms with E-state index in [0.717, 1.165) is 0 Å². The number of methoxy groups -OCH3 is 3. The molecule has 0 aromatic heterocycles. The van der Waals surface area contributed by atoms with Crippen LogP contribution in [-0.4, -0.2) is 277 Å². The number of benzene rings is 8. The van der Waals surface area contributed by atoms with Crippen LogP contribution in [0.3, 0.4) is 0 Å². The summed E-state index contributed by atoms with van der Waals surface area (Å²) in [5, 5.41) is 34.8. The number of aliphatic hydroxyl groups excluding tert-OH is 3. The fraction of sp³-hybridized carbons (Fsp3) is 0.443. The molecule has 0 saturated carbocycles. The minimum Gasteiger partial charge on any atom is -0.478 e. The van der Waals surface area contributed by atoms with Crippen molar-refractivity contribution in [3.8, 4) is 0 Å². The van der Waals surface area contributed by atoms with Gasteiger partial charge in [-0.05, 0) is 331 Å². The second kappa shape index (κ2) is 63.3. The lowest BCUT2D eigenvalue weighted by molar-refractivity contribution is 0.00567. The van der Waals surface area contributed by atoms with E-state index in [1.54, 1.807) is 303 Å². The summed E-state index contributed by atoms with van der Waals surface area (Å²) in [6.45, 7) is 44.5. The number of Topliss-reactive ketones (excluding diaryl/α,β-unsaturated/α-hetero) is 2. The van der Waals surface area contributed by atoms with E-state index in [9.17, 15) is 76.7 Å². The predicted octanol–water partition coefficient (Wildman–Crippen LogP) is 18.8. The van der Waals surface area contributed by atoms with E-state index < -0.39 is 98.5 Å². The first-order valence-corrected chi connectivity index (χ1v) is 48.1. The fourth-order valence-electron chi connectivity index (χ4n) is 11.4. The van der Waals surface area contributed by atoms with Gasteiger partial charge in [0.25, 0.3) is 17.7 Å². The number of hydrogen-bond acceptors (Lipinski definition) is 31. The number of likely N-dealkylation sites (N-methyl/N-ethyl adjacent to an activating group) is 2. The van der Waals surface area contributed by atoms with E-state index in [4.69, 9.17) is 72.5 Å². The number of nitrogens with zero attached hydrogens (tertiary/aromatic N) is 3. The van der Waals surface area contributed by atoms with Crippen molar-refractivity contribution in [3.05, 3.63) is 283 Å². The Hall–Kier alpha value is -14.5. The number of hydrogen-bond donors (Lipinski definition) is 4. The Kier molecular flexibility index (Phi) is 56.4. The van der Waals surface area contributed by atoms with E-state index in [1.807, 2.05) is 62.3 Å². The average Bonchev–Trinajstić information content (AvgIpc) is 0.846. The van der Waals surface area contributed by atoms with Crippen LogP contribution in [0.15, 0.2) is 194 Å². The number of esters is 10. The Labute approximate surface area is 881 Å². The number of ether oxygens (including phenoxy) is 12. The zero-order valence-corrected chi connectivity index (χ0v) is 92.5. The highest BCUT2D eigenvalue weighted by Gasteiger charge is 2.28. The number of carbonyl (C=O) groups excluding carboxylic acids is 15. The van der Waals surface area contributed by atoms with Crippen molar-refractivity contribution in [2.45, 2.75) is 237 Å². The lowest BCUT2D eigenvalue weighted by atomic mass is 10.0. The standard InChI is InChI=1S/C16H23NO4.C16H22O4.C15H21NO4.C15H20O4.C14H19NO3.C14H18O5.C13H16O4.C12H14O4/c1-16(2,3)21-15(19)13-8-6-12(7-9-13)14(18)17(4)10-11-20-5;1-16(2,3)20-15(18)13-9-7-12(8-10-13)14(17)6-5-11-19-4;1-15(2,3)20-14(19)12-7-5-11(6-8-12)13(18)16(4)9-10-17;1-15(2,3)19-14(18)12-8-6-11(7-9-12)13(17)5-4-10-16;1-14(2,3)18-13(17)11-8-6-10(7-9-11)12(16)15(4)5;1-14(2,3)19-13(17)11-6-4-5-10(9-11)12(16)18-8-7-15;1-13(2,3)17-12(15)10-7-5-6-9(8-10)11(14)16-4;1-12(2,3)16-11(15)9-6-4-5-8(7-9)10(13)14/h6-9H,10-11H2,1-5H3;7-10H,5-6,11H2,1-4H3;5-8,17H,9-10H2,1-4H3;6-9,16H,4-5,10H2,1-3H3;6-9H,1-5H3;4-6,9,15H,7-8H2,1-3H3;5-8H,1-4H3;4-7H,1-3H3,(H,13,14). The van der Waals surface area contributed by atoms with Gasteiger partial charge >= 0.3 is 65.7 Å². The molecule has 0 saturated heterocycles. The number of ketones is 2. The first-order chi connectivity index (χ1) is 69.3. The molecule has 4 N–H and O–H groups in total. The van der Waals surface area contributed by atoms with Crippen LogP contribution in [0.25, 0.3) is 0 Å². The van der Waals surface area contributed by atoms with Crippen LogP contribution >= 0.6 is 0 Å². The van der Waals surface area contributed by atoms with Crippen molar-refractivity contribution in [2.24, 2.45) is 0 Å². The van der Waals surface area contributed by atoms with Crippen LogP contribution in [0.1, 0.15) is 358 Å². The van der Waals surface area contributed by atoms with Crippen molar-refractivity contribution in [3.63, 3.8) is 0 Å². The Morgan fingerprint density at radius 3 is 0.707 bits per heavy atom. The molecule has 0 aliphatic rings. The average molecular weight is 2090 g/mol. The molecule has 820 valence electrons. The first-order valence-electron chi connectivity index (χ1n) is 48.1. The molecule has 35 nitrogen and oxygen atoms in total. The summed E-state index contributed by atoms with van der Waals surface area (Å²) in [6, 6.07) is 50.3. The third-order valence-electron chi connectivity index (χ3n) is 18.2.